The number of carbonyl (C=O) groups is 2. The molecule has 0 bridgehead atoms. The SMILES string of the molecule is CC(C)(COC(=O)CCCI)OC(=O)CCCI. The van der Waals surface area contributed by atoms with Gasteiger partial charge in [-0.2, -0.15) is 0 Å². The zero-order chi connectivity index (χ0) is 14.0. The number of hydrogen-bond acceptors (Lipinski definition) is 4. The van der Waals surface area contributed by atoms with E-state index in [4.69, 9.17) is 9.47 Å². The van der Waals surface area contributed by atoms with E-state index in [9.17, 15) is 9.59 Å². The molecular weight excluding hydrogens is 462 g/mol. The predicted octanol–water partition coefficient (Wildman–Crippen LogP) is 3.28. The summed E-state index contributed by atoms with van der Waals surface area (Å²) >= 11 is 4.43. The molecule has 0 fully saturated rings. The van der Waals surface area contributed by atoms with Gasteiger partial charge >= 0.3 is 11.9 Å². The minimum Gasteiger partial charge on any atom is -0.461 e. The van der Waals surface area contributed by atoms with E-state index in [0.717, 1.165) is 21.7 Å². The molecule has 0 saturated carbocycles. The highest BCUT2D eigenvalue weighted by molar-refractivity contribution is 14.1. The number of esters is 2. The Morgan fingerprint density at radius 3 is 2.00 bits per heavy atom. The molecule has 0 unspecified atom stereocenters. The standard InChI is InChI=1S/C12H20I2O4/c1-12(2,18-11(16)6-4-8-14)9-17-10(15)5-3-7-13/h3-9H2,1-2H3. The first-order chi connectivity index (χ1) is 8.41. The fourth-order valence-electron chi connectivity index (χ4n) is 1.14. The minimum atomic E-state index is -0.748. The molecule has 0 aliphatic rings. The monoisotopic (exact) mass is 482 g/mol. The molecule has 0 amide bonds. The number of alkyl halides is 2. The Bertz CT molecular complexity index is 267. The minimum absolute atomic E-state index is 0.114. The Labute approximate surface area is 136 Å². The van der Waals surface area contributed by atoms with Gasteiger partial charge in [-0.15, -0.1) is 0 Å². The summed E-state index contributed by atoms with van der Waals surface area (Å²) in [6.45, 7) is 3.62. The van der Waals surface area contributed by atoms with E-state index in [1.54, 1.807) is 13.8 Å². The first-order valence-electron chi connectivity index (χ1n) is 5.90. The third-order valence-corrected chi connectivity index (χ3v) is 3.53. The summed E-state index contributed by atoms with van der Waals surface area (Å²) in [7, 11) is 0. The Balaban J connectivity index is 3.91. The normalized spacial score (nSPS) is 11.1. The Morgan fingerprint density at radius 2 is 1.50 bits per heavy atom. The third kappa shape index (κ3) is 10.3. The van der Waals surface area contributed by atoms with Crippen LogP contribution in [0.1, 0.15) is 39.5 Å². The van der Waals surface area contributed by atoms with Gasteiger partial charge in [0, 0.05) is 21.7 Å². The number of rotatable bonds is 9. The van der Waals surface area contributed by atoms with Crippen LogP contribution in [0.5, 0.6) is 0 Å². The van der Waals surface area contributed by atoms with Gasteiger partial charge in [0.05, 0.1) is 0 Å². The molecule has 0 aromatic carbocycles. The van der Waals surface area contributed by atoms with Crippen molar-refractivity contribution < 1.29 is 19.1 Å². The van der Waals surface area contributed by atoms with Crippen LogP contribution < -0.4 is 0 Å². The zero-order valence-corrected chi connectivity index (χ0v) is 15.2. The van der Waals surface area contributed by atoms with E-state index < -0.39 is 5.60 Å². The van der Waals surface area contributed by atoms with Crippen molar-refractivity contribution in [2.75, 3.05) is 15.5 Å². The molecule has 0 aliphatic heterocycles. The molecule has 0 N–H and O–H groups in total. The summed E-state index contributed by atoms with van der Waals surface area (Å²) in [6.07, 6.45) is 2.46. The van der Waals surface area contributed by atoms with Gasteiger partial charge in [0.15, 0.2) is 0 Å². The van der Waals surface area contributed by atoms with Crippen molar-refractivity contribution in [1.29, 1.82) is 0 Å². The topological polar surface area (TPSA) is 52.6 Å². The van der Waals surface area contributed by atoms with Gasteiger partial charge in [0.25, 0.3) is 0 Å². The highest BCUT2D eigenvalue weighted by Gasteiger charge is 2.24. The average Bonchev–Trinajstić information content (AvgIpc) is 2.30. The highest BCUT2D eigenvalue weighted by atomic mass is 127. The van der Waals surface area contributed by atoms with Gasteiger partial charge in [0.2, 0.25) is 0 Å². The largest absolute Gasteiger partial charge is 0.461 e. The fourth-order valence-corrected chi connectivity index (χ4v) is 1.90. The molecule has 6 heteroatoms. The second kappa shape index (κ2) is 10.2. The number of ether oxygens (including phenoxy) is 2. The summed E-state index contributed by atoms with van der Waals surface area (Å²) in [5, 5.41) is 0. The first-order valence-corrected chi connectivity index (χ1v) is 8.96. The van der Waals surface area contributed by atoms with E-state index in [-0.39, 0.29) is 18.5 Å². The molecule has 0 heterocycles. The number of carbonyl (C=O) groups excluding carboxylic acids is 2. The molecule has 18 heavy (non-hydrogen) atoms. The van der Waals surface area contributed by atoms with Crippen LogP contribution in [-0.2, 0) is 19.1 Å². The number of hydrogen-bond donors (Lipinski definition) is 0. The smallest absolute Gasteiger partial charge is 0.306 e. The molecule has 0 rings (SSSR count). The molecule has 0 atom stereocenters. The van der Waals surface area contributed by atoms with E-state index in [1.807, 2.05) is 0 Å². The second-order valence-electron chi connectivity index (χ2n) is 4.48. The van der Waals surface area contributed by atoms with Crippen molar-refractivity contribution in [3.8, 4) is 0 Å². The van der Waals surface area contributed by atoms with Crippen LogP contribution in [0.15, 0.2) is 0 Å². The lowest BCUT2D eigenvalue weighted by Gasteiger charge is -2.24. The van der Waals surface area contributed by atoms with Gasteiger partial charge in [-0.3, -0.25) is 9.59 Å². The Kier molecular flexibility index (Phi) is 10.4. The average molecular weight is 482 g/mol. The first kappa shape index (κ1) is 18.4. The summed E-state index contributed by atoms with van der Waals surface area (Å²) < 4.78 is 12.2. The maximum absolute atomic E-state index is 11.5. The van der Waals surface area contributed by atoms with Crippen LogP contribution in [0.4, 0.5) is 0 Å². The van der Waals surface area contributed by atoms with Crippen LogP contribution in [0.25, 0.3) is 0 Å². The van der Waals surface area contributed by atoms with E-state index in [2.05, 4.69) is 45.2 Å². The number of halogens is 2. The van der Waals surface area contributed by atoms with Gasteiger partial charge in [-0.05, 0) is 26.7 Å². The lowest BCUT2D eigenvalue weighted by Crippen LogP contribution is -2.34. The van der Waals surface area contributed by atoms with Crippen molar-refractivity contribution in [2.45, 2.75) is 45.1 Å². The lowest BCUT2D eigenvalue weighted by atomic mass is 10.1. The maximum atomic E-state index is 11.5. The van der Waals surface area contributed by atoms with E-state index in [1.165, 1.54) is 0 Å². The third-order valence-electron chi connectivity index (χ3n) is 2.00. The van der Waals surface area contributed by atoms with Gasteiger partial charge in [-0.25, -0.2) is 0 Å². The fraction of sp³-hybridized carbons (Fsp3) is 0.833. The molecule has 0 radical (unpaired) electrons. The Morgan fingerprint density at radius 1 is 1.00 bits per heavy atom. The van der Waals surface area contributed by atoms with Crippen molar-refractivity contribution in [3.05, 3.63) is 0 Å². The van der Waals surface area contributed by atoms with Gasteiger partial charge < -0.3 is 9.47 Å². The molecule has 0 saturated heterocycles. The van der Waals surface area contributed by atoms with Crippen molar-refractivity contribution >= 4 is 57.1 Å². The molecular formula is C12H20I2O4. The summed E-state index contributed by atoms with van der Waals surface area (Å²) in [5.41, 5.74) is -0.748. The van der Waals surface area contributed by atoms with Crippen LogP contribution in [0.2, 0.25) is 0 Å². The van der Waals surface area contributed by atoms with Gasteiger partial charge in [-0.1, -0.05) is 45.2 Å². The van der Waals surface area contributed by atoms with Crippen molar-refractivity contribution in [2.24, 2.45) is 0 Å². The lowest BCUT2D eigenvalue weighted by molar-refractivity contribution is -0.168. The van der Waals surface area contributed by atoms with E-state index in [0.29, 0.717) is 12.8 Å². The molecule has 0 aliphatic carbocycles. The van der Waals surface area contributed by atoms with Crippen molar-refractivity contribution in [1.82, 2.24) is 0 Å². The molecule has 4 nitrogen and oxygen atoms in total. The van der Waals surface area contributed by atoms with Crippen LogP contribution in [-0.4, -0.2) is 33.0 Å². The molecule has 106 valence electrons. The summed E-state index contributed by atoms with van der Waals surface area (Å²) in [5.74, 6) is -0.469. The molecule has 0 aromatic heterocycles. The molecule has 0 aromatic rings. The Hall–Kier alpha value is 0.400. The van der Waals surface area contributed by atoms with E-state index >= 15 is 0 Å². The quantitative estimate of drug-likeness (QED) is 0.288. The molecule has 0 spiro atoms. The maximum Gasteiger partial charge on any atom is 0.306 e. The van der Waals surface area contributed by atoms with Crippen molar-refractivity contribution in [3.63, 3.8) is 0 Å². The van der Waals surface area contributed by atoms with Crippen LogP contribution in [0, 0.1) is 0 Å². The summed E-state index contributed by atoms with van der Waals surface area (Å²) in [6, 6.07) is 0. The van der Waals surface area contributed by atoms with Crippen LogP contribution in [0.3, 0.4) is 0 Å². The van der Waals surface area contributed by atoms with Gasteiger partial charge in [0.1, 0.15) is 12.2 Å². The zero-order valence-electron chi connectivity index (χ0n) is 10.8. The summed E-state index contributed by atoms with van der Waals surface area (Å²) in [4.78, 5) is 22.8. The predicted molar refractivity (Wildman–Crippen MR) is 87.4 cm³/mol. The second-order valence-corrected chi connectivity index (χ2v) is 6.64. The highest BCUT2D eigenvalue weighted by Crippen LogP contribution is 2.13. The van der Waals surface area contributed by atoms with Crippen LogP contribution >= 0.6 is 45.2 Å².